The molecular weight excluding hydrogens is 168 g/mol. The molecule has 4 nitrogen and oxygen atoms in total. The molecule has 0 aliphatic rings. The van der Waals surface area contributed by atoms with Gasteiger partial charge in [0.15, 0.2) is 0 Å². The third-order valence-corrected chi connectivity index (χ3v) is 1.44. The van der Waals surface area contributed by atoms with Crippen LogP contribution < -0.4 is 10.6 Å². The molecule has 0 aromatic rings. The molecular formula is C9H20N2O2. The molecule has 0 amide bonds. The molecule has 0 saturated carbocycles. The fraction of sp³-hybridized carbons (Fsp3) is 0.778. The average molecular weight is 188 g/mol. The normalized spacial score (nSPS) is 10.2. The van der Waals surface area contributed by atoms with E-state index in [9.17, 15) is 0 Å². The van der Waals surface area contributed by atoms with Crippen molar-refractivity contribution < 1.29 is 9.84 Å². The van der Waals surface area contributed by atoms with Crippen LogP contribution in [0.5, 0.6) is 0 Å². The molecule has 0 bridgehead atoms. The number of ether oxygens (including phenoxy) is 1. The molecule has 0 spiro atoms. The predicted octanol–water partition coefficient (Wildman–Crippen LogP) is -0.292. The van der Waals surface area contributed by atoms with E-state index in [1.54, 1.807) is 0 Å². The minimum Gasteiger partial charge on any atom is -0.395 e. The molecule has 78 valence electrons. The number of nitrogens with one attached hydrogen (secondary N) is 2. The van der Waals surface area contributed by atoms with Crippen LogP contribution in [0.2, 0.25) is 0 Å². The van der Waals surface area contributed by atoms with Gasteiger partial charge in [-0.25, -0.2) is 0 Å². The first-order valence-corrected chi connectivity index (χ1v) is 4.62. The molecule has 0 saturated heterocycles. The van der Waals surface area contributed by atoms with E-state index in [1.165, 1.54) is 0 Å². The fourth-order valence-corrected chi connectivity index (χ4v) is 0.764. The lowest BCUT2D eigenvalue weighted by Gasteiger charge is -2.05. The lowest BCUT2D eigenvalue weighted by molar-refractivity contribution is 0.121. The number of hydrogen-bond acceptors (Lipinski definition) is 4. The first kappa shape index (κ1) is 12.6. The van der Waals surface area contributed by atoms with Gasteiger partial charge in [-0.2, -0.15) is 0 Å². The molecule has 3 N–H and O–H groups in total. The van der Waals surface area contributed by atoms with Crippen LogP contribution in [0.3, 0.4) is 0 Å². The summed E-state index contributed by atoms with van der Waals surface area (Å²) in [5.74, 6) is 0. The molecule has 0 aromatic heterocycles. The zero-order valence-electron chi connectivity index (χ0n) is 8.09. The van der Waals surface area contributed by atoms with Gasteiger partial charge < -0.3 is 15.2 Å². The van der Waals surface area contributed by atoms with E-state index in [0.29, 0.717) is 13.3 Å². The zero-order chi connectivity index (χ0) is 9.78. The zero-order valence-corrected chi connectivity index (χ0v) is 8.09. The highest BCUT2D eigenvalue weighted by molar-refractivity contribution is 4.64. The maximum Gasteiger partial charge on any atom is 0.0965 e. The molecule has 0 unspecified atom stereocenters. The standard InChI is InChI=1S/C9H20N2O2/c1-2-3-8-13-9-11-5-4-10-6-7-12/h2,10-12H,1,3-9H2. The maximum atomic E-state index is 8.45. The van der Waals surface area contributed by atoms with E-state index in [4.69, 9.17) is 9.84 Å². The molecule has 0 fully saturated rings. The average Bonchev–Trinajstić information content (AvgIpc) is 2.16. The van der Waals surface area contributed by atoms with E-state index < -0.39 is 0 Å². The SMILES string of the molecule is C=CCCOCNCCNCCO. The van der Waals surface area contributed by atoms with Gasteiger partial charge in [0.2, 0.25) is 0 Å². The Morgan fingerprint density at radius 3 is 2.69 bits per heavy atom. The van der Waals surface area contributed by atoms with Gasteiger partial charge in [-0.1, -0.05) is 6.08 Å². The van der Waals surface area contributed by atoms with Gasteiger partial charge in [-0.3, -0.25) is 5.32 Å². The van der Waals surface area contributed by atoms with Crippen molar-refractivity contribution in [1.29, 1.82) is 0 Å². The summed E-state index contributed by atoms with van der Waals surface area (Å²) in [6.07, 6.45) is 2.73. The van der Waals surface area contributed by atoms with Crippen LogP contribution >= 0.6 is 0 Å². The first-order valence-electron chi connectivity index (χ1n) is 4.62. The molecule has 0 aliphatic heterocycles. The molecule has 0 radical (unpaired) electrons. The summed E-state index contributed by atoms with van der Waals surface area (Å²) in [4.78, 5) is 0. The second-order valence-electron chi connectivity index (χ2n) is 2.60. The van der Waals surface area contributed by atoms with Crippen LogP contribution in [0.25, 0.3) is 0 Å². The second kappa shape index (κ2) is 11.6. The summed E-state index contributed by atoms with van der Waals surface area (Å²) in [6, 6.07) is 0. The van der Waals surface area contributed by atoms with Gasteiger partial charge in [0, 0.05) is 19.6 Å². The van der Waals surface area contributed by atoms with Crippen molar-refractivity contribution in [3.8, 4) is 0 Å². The van der Waals surface area contributed by atoms with Gasteiger partial charge in [-0.15, -0.1) is 6.58 Å². The van der Waals surface area contributed by atoms with Crippen LogP contribution in [-0.2, 0) is 4.74 Å². The van der Waals surface area contributed by atoms with E-state index in [0.717, 1.165) is 26.1 Å². The van der Waals surface area contributed by atoms with Crippen LogP contribution in [-0.4, -0.2) is 44.7 Å². The van der Waals surface area contributed by atoms with E-state index in [-0.39, 0.29) is 6.61 Å². The molecule has 0 rings (SSSR count). The van der Waals surface area contributed by atoms with Crippen molar-refractivity contribution >= 4 is 0 Å². The van der Waals surface area contributed by atoms with Crippen LogP contribution in [0.1, 0.15) is 6.42 Å². The highest BCUT2D eigenvalue weighted by Crippen LogP contribution is 1.79. The lowest BCUT2D eigenvalue weighted by Crippen LogP contribution is -2.30. The van der Waals surface area contributed by atoms with Crippen LogP contribution in [0, 0.1) is 0 Å². The fourth-order valence-electron chi connectivity index (χ4n) is 0.764. The Hall–Kier alpha value is -0.420. The van der Waals surface area contributed by atoms with Crippen molar-refractivity contribution in [1.82, 2.24) is 10.6 Å². The van der Waals surface area contributed by atoms with Gasteiger partial charge >= 0.3 is 0 Å². The summed E-state index contributed by atoms with van der Waals surface area (Å²) in [5, 5.41) is 14.6. The van der Waals surface area contributed by atoms with Crippen molar-refractivity contribution in [3.05, 3.63) is 12.7 Å². The molecule has 0 heterocycles. The smallest absolute Gasteiger partial charge is 0.0965 e. The minimum atomic E-state index is 0.190. The van der Waals surface area contributed by atoms with Gasteiger partial charge in [0.05, 0.1) is 19.9 Å². The minimum absolute atomic E-state index is 0.190. The van der Waals surface area contributed by atoms with Crippen molar-refractivity contribution in [2.45, 2.75) is 6.42 Å². The summed E-state index contributed by atoms with van der Waals surface area (Å²) in [5.41, 5.74) is 0. The molecule has 4 heteroatoms. The van der Waals surface area contributed by atoms with Gasteiger partial charge in [0.25, 0.3) is 0 Å². The third-order valence-electron chi connectivity index (χ3n) is 1.44. The maximum absolute atomic E-state index is 8.45. The van der Waals surface area contributed by atoms with E-state index in [2.05, 4.69) is 17.2 Å². The van der Waals surface area contributed by atoms with E-state index in [1.807, 2.05) is 6.08 Å². The van der Waals surface area contributed by atoms with Crippen LogP contribution in [0.4, 0.5) is 0 Å². The molecule has 0 atom stereocenters. The number of aliphatic hydroxyl groups is 1. The Balaban J connectivity index is 2.79. The Morgan fingerprint density at radius 2 is 2.00 bits per heavy atom. The third kappa shape index (κ3) is 11.6. The van der Waals surface area contributed by atoms with Crippen LogP contribution in [0.15, 0.2) is 12.7 Å². The number of rotatable bonds is 10. The first-order chi connectivity index (χ1) is 6.41. The second-order valence-corrected chi connectivity index (χ2v) is 2.60. The summed E-state index contributed by atoms with van der Waals surface area (Å²) in [6.45, 7) is 7.45. The number of aliphatic hydroxyl groups excluding tert-OH is 1. The quantitative estimate of drug-likeness (QED) is 0.250. The summed E-state index contributed by atoms with van der Waals surface area (Å²) >= 11 is 0. The van der Waals surface area contributed by atoms with Crippen molar-refractivity contribution in [2.24, 2.45) is 0 Å². The predicted molar refractivity (Wildman–Crippen MR) is 53.6 cm³/mol. The molecule has 0 aromatic carbocycles. The monoisotopic (exact) mass is 188 g/mol. The molecule has 13 heavy (non-hydrogen) atoms. The lowest BCUT2D eigenvalue weighted by atomic mass is 10.5. The summed E-state index contributed by atoms with van der Waals surface area (Å²) in [7, 11) is 0. The highest BCUT2D eigenvalue weighted by atomic mass is 16.5. The molecule has 0 aliphatic carbocycles. The Morgan fingerprint density at radius 1 is 1.23 bits per heavy atom. The number of hydrogen-bond donors (Lipinski definition) is 3. The van der Waals surface area contributed by atoms with Crippen molar-refractivity contribution in [2.75, 3.05) is 39.6 Å². The van der Waals surface area contributed by atoms with E-state index >= 15 is 0 Å². The largest absolute Gasteiger partial charge is 0.395 e. The Bertz CT molecular complexity index is 110. The topological polar surface area (TPSA) is 53.5 Å². The van der Waals surface area contributed by atoms with Crippen molar-refractivity contribution in [3.63, 3.8) is 0 Å². The highest BCUT2D eigenvalue weighted by Gasteiger charge is 1.87. The Kier molecular flexibility index (Phi) is 11.2. The Labute approximate surface area is 80.0 Å². The van der Waals surface area contributed by atoms with Gasteiger partial charge in [-0.05, 0) is 6.42 Å². The summed E-state index contributed by atoms with van der Waals surface area (Å²) < 4.78 is 5.22. The van der Waals surface area contributed by atoms with Gasteiger partial charge in [0.1, 0.15) is 0 Å².